The summed E-state index contributed by atoms with van der Waals surface area (Å²) >= 11 is 0. The van der Waals surface area contributed by atoms with Crippen molar-refractivity contribution in [2.24, 2.45) is 0 Å². The van der Waals surface area contributed by atoms with E-state index in [-0.39, 0.29) is 11.5 Å². The fourth-order valence-electron chi connectivity index (χ4n) is 2.30. The Hall–Kier alpha value is -3.15. The van der Waals surface area contributed by atoms with E-state index >= 15 is 0 Å². The van der Waals surface area contributed by atoms with Crippen LogP contribution >= 0.6 is 0 Å². The van der Waals surface area contributed by atoms with Crippen molar-refractivity contribution < 1.29 is 4.74 Å². The fraction of sp³-hybridized carbons (Fsp3) is 0.167. The Morgan fingerprint density at radius 1 is 1.04 bits per heavy atom. The molecule has 3 aromatic rings. The van der Waals surface area contributed by atoms with Crippen LogP contribution in [-0.4, -0.2) is 21.8 Å². The number of aromatic nitrogens is 3. The van der Waals surface area contributed by atoms with E-state index < -0.39 is 0 Å². The number of nitrogens with one attached hydrogen (secondary N) is 2. The van der Waals surface area contributed by atoms with Crippen molar-refractivity contribution in [3.63, 3.8) is 0 Å². The third-order valence-corrected chi connectivity index (χ3v) is 3.42. The molecule has 6 nitrogen and oxygen atoms in total. The maximum atomic E-state index is 12.2. The Balaban J connectivity index is 1.79. The smallest absolute Gasteiger partial charge is 0.274 e. The second-order valence-electron chi connectivity index (χ2n) is 5.17. The minimum Gasteiger partial charge on any atom is -0.492 e. The number of anilines is 2. The van der Waals surface area contributed by atoms with Gasteiger partial charge >= 0.3 is 0 Å². The Morgan fingerprint density at radius 2 is 1.79 bits per heavy atom. The van der Waals surface area contributed by atoms with Crippen LogP contribution < -0.4 is 15.6 Å². The van der Waals surface area contributed by atoms with Crippen molar-refractivity contribution in [1.82, 2.24) is 15.2 Å². The van der Waals surface area contributed by atoms with Crippen molar-refractivity contribution in [3.05, 3.63) is 76.2 Å². The first-order valence-electron chi connectivity index (χ1n) is 7.75. The molecule has 0 radical (unpaired) electrons. The first-order chi connectivity index (χ1) is 11.8. The molecule has 0 aliphatic carbocycles. The Kier molecular flexibility index (Phi) is 4.86. The molecule has 122 valence electrons. The second kappa shape index (κ2) is 7.41. The molecule has 2 aromatic carbocycles. The summed E-state index contributed by atoms with van der Waals surface area (Å²) in [5.74, 6) is 0.972. The van der Waals surface area contributed by atoms with Gasteiger partial charge in [-0.2, -0.15) is 0 Å². The van der Waals surface area contributed by atoms with Gasteiger partial charge in [0, 0.05) is 6.42 Å². The average molecular weight is 322 g/mol. The summed E-state index contributed by atoms with van der Waals surface area (Å²) in [6.07, 6.45) is 0.443. The molecule has 0 spiro atoms. The molecule has 0 bridgehead atoms. The number of aromatic amines is 1. The van der Waals surface area contributed by atoms with Crippen LogP contribution in [0.1, 0.15) is 18.2 Å². The summed E-state index contributed by atoms with van der Waals surface area (Å²) in [6.45, 7) is 2.47. The first-order valence-corrected chi connectivity index (χ1v) is 7.75. The molecule has 0 saturated carbocycles. The second-order valence-corrected chi connectivity index (χ2v) is 5.17. The standard InChI is InChI=1S/C18H18N4O2/c1-2-24-16-11-7-6-10-14(16)19-18-20-17(23)15(21-22-18)12-13-8-4-3-5-9-13/h3-11H,2,12H2,1H3,(H2,19,20,22,23). The van der Waals surface area contributed by atoms with Gasteiger partial charge in [0.25, 0.3) is 5.56 Å². The Morgan fingerprint density at radius 3 is 2.54 bits per heavy atom. The molecule has 0 fully saturated rings. The molecule has 2 N–H and O–H groups in total. The monoisotopic (exact) mass is 322 g/mol. The predicted octanol–water partition coefficient (Wildman–Crippen LogP) is 2.90. The largest absolute Gasteiger partial charge is 0.492 e. The van der Waals surface area contributed by atoms with E-state index in [0.29, 0.717) is 24.5 Å². The van der Waals surface area contributed by atoms with Gasteiger partial charge in [-0.1, -0.05) is 42.5 Å². The van der Waals surface area contributed by atoms with Gasteiger partial charge in [0.1, 0.15) is 11.4 Å². The molecular weight excluding hydrogens is 304 g/mol. The number of hydrogen-bond donors (Lipinski definition) is 2. The molecule has 0 aliphatic heterocycles. The summed E-state index contributed by atoms with van der Waals surface area (Å²) in [5.41, 5.74) is 1.86. The summed E-state index contributed by atoms with van der Waals surface area (Å²) in [4.78, 5) is 14.9. The lowest BCUT2D eigenvalue weighted by molar-refractivity contribution is 0.342. The molecule has 1 heterocycles. The van der Waals surface area contributed by atoms with Gasteiger partial charge in [0.2, 0.25) is 5.95 Å². The topological polar surface area (TPSA) is 79.9 Å². The van der Waals surface area contributed by atoms with Crippen LogP contribution in [-0.2, 0) is 6.42 Å². The van der Waals surface area contributed by atoms with Crippen molar-refractivity contribution >= 4 is 11.6 Å². The molecule has 0 saturated heterocycles. The van der Waals surface area contributed by atoms with Crippen LogP contribution in [0.25, 0.3) is 0 Å². The van der Waals surface area contributed by atoms with E-state index in [9.17, 15) is 4.79 Å². The van der Waals surface area contributed by atoms with E-state index in [1.54, 1.807) is 0 Å². The summed E-state index contributed by atoms with van der Waals surface area (Å²) in [7, 11) is 0. The van der Waals surface area contributed by atoms with E-state index in [1.165, 1.54) is 0 Å². The maximum absolute atomic E-state index is 12.2. The number of rotatable bonds is 6. The normalized spacial score (nSPS) is 10.4. The zero-order chi connectivity index (χ0) is 16.8. The van der Waals surface area contributed by atoms with Crippen LogP contribution in [0, 0.1) is 0 Å². The lowest BCUT2D eigenvalue weighted by Crippen LogP contribution is -2.19. The summed E-state index contributed by atoms with van der Waals surface area (Å²) in [6, 6.07) is 17.1. The summed E-state index contributed by atoms with van der Waals surface area (Å²) < 4.78 is 5.54. The lowest BCUT2D eigenvalue weighted by atomic mass is 10.1. The quantitative estimate of drug-likeness (QED) is 0.729. The number of para-hydroxylation sites is 2. The van der Waals surface area contributed by atoms with Gasteiger partial charge in [0.15, 0.2) is 0 Å². The zero-order valence-electron chi connectivity index (χ0n) is 13.3. The summed E-state index contributed by atoms with van der Waals surface area (Å²) in [5, 5.41) is 11.1. The number of nitrogens with zero attached hydrogens (tertiary/aromatic N) is 2. The minimum absolute atomic E-state index is 0.259. The highest BCUT2D eigenvalue weighted by Gasteiger charge is 2.08. The number of ether oxygens (including phenoxy) is 1. The average Bonchev–Trinajstić information content (AvgIpc) is 2.60. The van der Waals surface area contributed by atoms with Gasteiger partial charge in [-0.3, -0.25) is 9.78 Å². The molecular formula is C18H18N4O2. The highest BCUT2D eigenvalue weighted by Crippen LogP contribution is 2.25. The fourth-order valence-corrected chi connectivity index (χ4v) is 2.30. The minimum atomic E-state index is -0.259. The van der Waals surface area contributed by atoms with Crippen LogP contribution in [0.4, 0.5) is 11.6 Å². The molecule has 0 amide bonds. The third kappa shape index (κ3) is 3.78. The number of benzene rings is 2. The highest BCUT2D eigenvalue weighted by molar-refractivity contribution is 5.62. The molecule has 1 aromatic heterocycles. The van der Waals surface area contributed by atoms with Crippen molar-refractivity contribution in [1.29, 1.82) is 0 Å². The van der Waals surface area contributed by atoms with Gasteiger partial charge in [0.05, 0.1) is 12.3 Å². The number of H-pyrrole nitrogens is 1. The van der Waals surface area contributed by atoms with Crippen LogP contribution in [0.5, 0.6) is 5.75 Å². The van der Waals surface area contributed by atoms with E-state index in [1.807, 2.05) is 61.5 Å². The SMILES string of the molecule is CCOc1ccccc1Nc1nnc(Cc2ccccc2)c(=O)[nH]1. The molecule has 24 heavy (non-hydrogen) atoms. The molecule has 0 unspecified atom stereocenters. The third-order valence-electron chi connectivity index (χ3n) is 3.42. The lowest BCUT2D eigenvalue weighted by Gasteiger charge is -2.11. The zero-order valence-corrected chi connectivity index (χ0v) is 13.3. The van der Waals surface area contributed by atoms with Gasteiger partial charge in [-0.25, -0.2) is 0 Å². The van der Waals surface area contributed by atoms with E-state index in [0.717, 1.165) is 11.3 Å². The van der Waals surface area contributed by atoms with Crippen LogP contribution in [0.2, 0.25) is 0 Å². The van der Waals surface area contributed by atoms with Gasteiger partial charge in [-0.05, 0) is 24.6 Å². The van der Waals surface area contributed by atoms with Crippen LogP contribution in [0.15, 0.2) is 59.4 Å². The highest BCUT2D eigenvalue weighted by atomic mass is 16.5. The molecule has 3 rings (SSSR count). The predicted molar refractivity (Wildman–Crippen MR) is 92.8 cm³/mol. The Bertz CT molecular complexity index is 862. The number of hydrogen-bond acceptors (Lipinski definition) is 5. The Labute approximate surface area is 139 Å². The van der Waals surface area contributed by atoms with Crippen molar-refractivity contribution in [2.75, 3.05) is 11.9 Å². The van der Waals surface area contributed by atoms with Crippen molar-refractivity contribution in [3.8, 4) is 5.75 Å². The molecule has 6 heteroatoms. The van der Waals surface area contributed by atoms with Crippen molar-refractivity contribution in [2.45, 2.75) is 13.3 Å². The maximum Gasteiger partial charge on any atom is 0.274 e. The molecule has 0 atom stereocenters. The first kappa shape index (κ1) is 15.7. The van der Waals surface area contributed by atoms with Gasteiger partial charge in [-0.15, -0.1) is 10.2 Å². The molecule has 0 aliphatic rings. The van der Waals surface area contributed by atoms with Gasteiger partial charge < -0.3 is 10.1 Å². The van der Waals surface area contributed by atoms with E-state index in [2.05, 4.69) is 20.5 Å². The van der Waals surface area contributed by atoms with Crippen LogP contribution in [0.3, 0.4) is 0 Å². The van der Waals surface area contributed by atoms with E-state index in [4.69, 9.17) is 4.74 Å².